The molecule has 29 heavy (non-hydrogen) atoms. The van der Waals surface area contributed by atoms with Gasteiger partial charge >= 0.3 is 11.8 Å². The van der Waals surface area contributed by atoms with E-state index in [2.05, 4.69) is 20.4 Å². The zero-order valence-electron chi connectivity index (χ0n) is 16.9. The SMILES string of the molecule is Cc1ccc(NC(=O)C(=O)NCCN2CCN(c3ccc(F)cc3)CC2)c(C)c1. The second-order valence-electron chi connectivity index (χ2n) is 7.33. The number of amides is 2. The molecule has 7 heteroatoms. The van der Waals surface area contributed by atoms with E-state index in [1.165, 1.54) is 12.1 Å². The minimum atomic E-state index is -0.655. The average Bonchev–Trinajstić information content (AvgIpc) is 2.71. The Balaban J connectivity index is 1.38. The van der Waals surface area contributed by atoms with Crippen molar-refractivity contribution < 1.29 is 14.0 Å². The first kappa shape index (κ1) is 20.8. The second-order valence-corrected chi connectivity index (χ2v) is 7.33. The fraction of sp³-hybridized carbons (Fsp3) is 0.364. The van der Waals surface area contributed by atoms with Gasteiger partial charge in [0.2, 0.25) is 0 Å². The quantitative estimate of drug-likeness (QED) is 0.759. The van der Waals surface area contributed by atoms with E-state index in [0.717, 1.165) is 43.0 Å². The molecule has 0 saturated carbocycles. The Morgan fingerprint density at radius 1 is 0.966 bits per heavy atom. The van der Waals surface area contributed by atoms with Crippen molar-refractivity contribution in [3.8, 4) is 0 Å². The Morgan fingerprint density at radius 2 is 1.66 bits per heavy atom. The minimum absolute atomic E-state index is 0.232. The summed E-state index contributed by atoms with van der Waals surface area (Å²) in [6, 6.07) is 12.2. The molecule has 6 nitrogen and oxygen atoms in total. The molecule has 0 aromatic heterocycles. The number of piperazine rings is 1. The van der Waals surface area contributed by atoms with Gasteiger partial charge in [-0.15, -0.1) is 0 Å². The Hall–Kier alpha value is -2.93. The number of nitrogens with one attached hydrogen (secondary N) is 2. The molecule has 1 fully saturated rings. The van der Waals surface area contributed by atoms with E-state index in [-0.39, 0.29) is 5.82 Å². The van der Waals surface area contributed by atoms with E-state index in [9.17, 15) is 14.0 Å². The normalized spacial score (nSPS) is 14.5. The van der Waals surface area contributed by atoms with E-state index in [0.29, 0.717) is 18.8 Å². The molecule has 1 aliphatic rings. The molecule has 1 aliphatic heterocycles. The number of hydrogen-bond acceptors (Lipinski definition) is 4. The van der Waals surface area contributed by atoms with Crippen molar-refractivity contribution in [2.75, 3.05) is 49.5 Å². The van der Waals surface area contributed by atoms with Crippen LogP contribution < -0.4 is 15.5 Å². The zero-order valence-corrected chi connectivity index (χ0v) is 16.9. The molecule has 0 unspecified atom stereocenters. The third-order valence-corrected chi connectivity index (χ3v) is 5.11. The molecule has 2 aromatic carbocycles. The summed E-state index contributed by atoms with van der Waals surface area (Å²) in [4.78, 5) is 28.6. The Kier molecular flexibility index (Phi) is 6.82. The molecule has 3 rings (SSSR count). The van der Waals surface area contributed by atoms with Crippen molar-refractivity contribution >= 4 is 23.2 Å². The monoisotopic (exact) mass is 398 g/mol. The predicted molar refractivity (Wildman–Crippen MR) is 113 cm³/mol. The highest BCUT2D eigenvalue weighted by Gasteiger charge is 2.18. The molecule has 2 aromatic rings. The van der Waals surface area contributed by atoms with Gasteiger partial charge in [-0.25, -0.2) is 4.39 Å². The van der Waals surface area contributed by atoms with Gasteiger partial charge in [-0.1, -0.05) is 17.7 Å². The lowest BCUT2D eigenvalue weighted by Gasteiger charge is -2.36. The lowest BCUT2D eigenvalue weighted by Crippen LogP contribution is -2.49. The van der Waals surface area contributed by atoms with E-state index >= 15 is 0 Å². The van der Waals surface area contributed by atoms with Crippen LogP contribution in [0.15, 0.2) is 42.5 Å². The van der Waals surface area contributed by atoms with Crippen molar-refractivity contribution in [3.05, 3.63) is 59.4 Å². The van der Waals surface area contributed by atoms with Crippen LogP contribution in [0, 0.1) is 19.7 Å². The van der Waals surface area contributed by atoms with E-state index in [1.807, 2.05) is 26.0 Å². The van der Waals surface area contributed by atoms with E-state index in [4.69, 9.17) is 0 Å². The molecular formula is C22H27FN4O2. The maximum absolute atomic E-state index is 13.0. The van der Waals surface area contributed by atoms with Crippen LogP contribution in [0.5, 0.6) is 0 Å². The third-order valence-electron chi connectivity index (χ3n) is 5.11. The number of rotatable bonds is 5. The third kappa shape index (κ3) is 5.77. The highest BCUT2D eigenvalue weighted by atomic mass is 19.1. The summed E-state index contributed by atoms with van der Waals surface area (Å²) in [6.45, 7) is 8.34. The number of hydrogen-bond donors (Lipinski definition) is 2. The van der Waals surface area contributed by atoms with Crippen molar-refractivity contribution in [1.82, 2.24) is 10.2 Å². The van der Waals surface area contributed by atoms with Crippen LogP contribution in [0.1, 0.15) is 11.1 Å². The maximum Gasteiger partial charge on any atom is 0.313 e. The van der Waals surface area contributed by atoms with Gasteiger partial charge in [-0.2, -0.15) is 0 Å². The van der Waals surface area contributed by atoms with Gasteiger partial charge in [0.05, 0.1) is 0 Å². The van der Waals surface area contributed by atoms with Crippen molar-refractivity contribution in [1.29, 1.82) is 0 Å². The fourth-order valence-corrected chi connectivity index (χ4v) is 3.42. The minimum Gasteiger partial charge on any atom is -0.369 e. The molecule has 2 N–H and O–H groups in total. The topological polar surface area (TPSA) is 64.7 Å². The molecule has 0 spiro atoms. The van der Waals surface area contributed by atoms with Crippen LogP contribution in [0.3, 0.4) is 0 Å². The molecule has 1 heterocycles. The Bertz CT molecular complexity index is 862. The number of nitrogens with zero attached hydrogens (tertiary/aromatic N) is 2. The van der Waals surface area contributed by atoms with Crippen molar-refractivity contribution in [2.45, 2.75) is 13.8 Å². The summed E-state index contributed by atoms with van der Waals surface area (Å²) in [7, 11) is 0. The number of benzene rings is 2. The van der Waals surface area contributed by atoms with Gasteiger partial charge in [0.15, 0.2) is 0 Å². The van der Waals surface area contributed by atoms with Crippen LogP contribution in [0.4, 0.5) is 15.8 Å². The van der Waals surface area contributed by atoms with Gasteiger partial charge in [0.25, 0.3) is 0 Å². The standard InChI is InChI=1S/C22H27FN4O2/c1-16-3-8-20(17(2)15-16)25-22(29)21(28)24-9-10-26-11-13-27(14-12-26)19-6-4-18(23)5-7-19/h3-8,15H,9-14H2,1-2H3,(H,24,28)(H,25,29). The van der Waals surface area contributed by atoms with Crippen LogP contribution in [0.2, 0.25) is 0 Å². The van der Waals surface area contributed by atoms with Crippen LogP contribution in [-0.2, 0) is 9.59 Å². The Morgan fingerprint density at radius 3 is 2.31 bits per heavy atom. The lowest BCUT2D eigenvalue weighted by molar-refractivity contribution is -0.136. The molecule has 0 bridgehead atoms. The van der Waals surface area contributed by atoms with Gasteiger partial charge < -0.3 is 15.5 Å². The highest BCUT2D eigenvalue weighted by Crippen LogP contribution is 2.17. The molecule has 0 atom stereocenters. The number of halogens is 1. The lowest BCUT2D eigenvalue weighted by atomic mass is 10.1. The average molecular weight is 398 g/mol. The molecule has 0 radical (unpaired) electrons. The van der Waals surface area contributed by atoms with Gasteiger partial charge in [0.1, 0.15) is 5.82 Å². The molecule has 2 amide bonds. The fourth-order valence-electron chi connectivity index (χ4n) is 3.42. The zero-order chi connectivity index (χ0) is 20.8. The molecule has 1 saturated heterocycles. The van der Waals surface area contributed by atoms with Crippen LogP contribution in [0.25, 0.3) is 0 Å². The van der Waals surface area contributed by atoms with Gasteiger partial charge in [-0.3, -0.25) is 14.5 Å². The molecular weight excluding hydrogens is 371 g/mol. The highest BCUT2D eigenvalue weighted by molar-refractivity contribution is 6.39. The first-order valence-electron chi connectivity index (χ1n) is 9.81. The van der Waals surface area contributed by atoms with Gasteiger partial charge in [-0.05, 0) is 49.7 Å². The van der Waals surface area contributed by atoms with E-state index < -0.39 is 11.8 Å². The predicted octanol–water partition coefficient (Wildman–Crippen LogP) is 2.32. The van der Waals surface area contributed by atoms with Gasteiger partial charge in [0, 0.05) is 50.6 Å². The molecule has 0 aliphatic carbocycles. The summed E-state index contributed by atoms with van der Waals surface area (Å²) in [5.41, 5.74) is 3.68. The van der Waals surface area contributed by atoms with Crippen molar-refractivity contribution in [3.63, 3.8) is 0 Å². The largest absolute Gasteiger partial charge is 0.369 e. The summed E-state index contributed by atoms with van der Waals surface area (Å²) in [5, 5.41) is 5.34. The second kappa shape index (κ2) is 9.52. The summed E-state index contributed by atoms with van der Waals surface area (Å²) in [5.74, 6) is -1.52. The van der Waals surface area contributed by atoms with Crippen LogP contribution in [-0.4, -0.2) is 56.0 Å². The van der Waals surface area contributed by atoms with Crippen molar-refractivity contribution in [2.24, 2.45) is 0 Å². The van der Waals surface area contributed by atoms with Crippen LogP contribution >= 0.6 is 0 Å². The number of carbonyl (C=O) groups is 2. The summed E-state index contributed by atoms with van der Waals surface area (Å²) >= 11 is 0. The van der Waals surface area contributed by atoms with E-state index in [1.54, 1.807) is 18.2 Å². The number of aryl methyl sites for hydroxylation is 2. The number of carbonyl (C=O) groups excluding carboxylic acids is 2. The first-order chi connectivity index (χ1) is 13.9. The summed E-state index contributed by atoms with van der Waals surface area (Å²) < 4.78 is 13.0. The number of anilines is 2. The summed E-state index contributed by atoms with van der Waals surface area (Å²) in [6.07, 6.45) is 0. The smallest absolute Gasteiger partial charge is 0.313 e. The maximum atomic E-state index is 13.0. The first-order valence-corrected chi connectivity index (χ1v) is 9.81. The molecule has 154 valence electrons. The Labute approximate surface area is 170 Å².